The van der Waals surface area contributed by atoms with Gasteiger partial charge in [-0.3, -0.25) is 9.59 Å². The van der Waals surface area contributed by atoms with E-state index in [1.807, 2.05) is 18.4 Å². The molecule has 2 amide bonds. The van der Waals surface area contributed by atoms with Gasteiger partial charge >= 0.3 is 0 Å². The van der Waals surface area contributed by atoms with Crippen LogP contribution in [-0.2, 0) is 4.79 Å². The van der Waals surface area contributed by atoms with Crippen molar-refractivity contribution in [2.24, 2.45) is 0 Å². The van der Waals surface area contributed by atoms with Gasteiger partial charge < -0.3 is 10.6 Å². The zero-order valence-electron chi connectivity index (χ0n) is 17.0. The molecule has 0 saturated heterocycles. The van der Waals surface area contributed by atoms with Crippen LogP contribution in [0.4, 0.5) is 11.4 Å². The van der Waals surface area contributed by atoms with E-state index < -0.39 is 6.04 Å². The zero-order valence-corrected chi connectivity index (χ0v) is 18.6. The summed E-state index contributed by atoms with van der Waals surface area (Å²) in [4.78, 5) is 27.1. The number of hydrogen-bond acceptors (Lipinski definition) is 6. The number of rotatable bonds is 7. The van der Waals surface area contributed by atoms with E-state index in [-0.39, 0.29) is 11.8 Å². The Hall–Kier alpha value is -3.56. The number of nitrogens with one attached hydrogen (secondary N) is 2. The Morgan fingerprint density at radius 3 is 2.50 bits per heavy atom. The molecule has 8 nitrogen and oxygen atoms in total. The second-order valence-electron chi connectivity index (χ2n) is 6.87. The highest BCUT2D eigenvalue weighted by molar-refractivity contribution is 7.12. The summed E-state index contributed by atoms with van der Waals surface area (Å²) in [7, 11) is 0. The lowest BCUT2D eigenvalue weighted by Crippen LogP contribution is -2.27. The molecule has 0 radical (unpaired) electrons. The largest absolute Gasteiger partial charge is 0.324 e. The van der Waals surface area contributed by atoms with Gasteiger partial charge in [-0.15, -0.1) is 21.5 Å². The molecule has 2 heterocycles. The van der Waals surface area contributed by atoms with Crippen LogP contribution in [0.1, 0.15) is 29.1 Å². The molecule has 10 heteroatoms. The molecular weight excluding hydrogens is 448 g/mol. The van der Waals surface area contributed by atoms with E-state index in [1.165, 1.54) is 16.1 Å². The average Bonchev–Trinajstić information content (AvgIpc) is 3.48. The molecule has 2 aromatic heterocycles. The summed E-state index contributed by atoms with van der Waals surface area (Å²) in [6, 6.07) is 17.0. The SMILES string of the molecule is CCC(C(=O)Nc1cccc(NC(=O)c2cccs2)c1)n1nnc(-c2ccc(Cl)cc2)n1. The highest BCUT2D eigenvalue weighted by atomic mass is 35.5. The number of nitrogens with zero attached hydrogens (tertiary/aromatic N) is 4. The summed E-state index contributed by atoms with van der Waals surface area (Å²) >= 11 is 7.28. The predicted molar refractivity (Wildman–Crippen MR) is 125 cm³/mol. The summed E-state index contributed by atoms with van der Waals surface area (Å²) < 4.78 is 0. The Kier molecular flexibility index (Phi) is 6.58. The molecule has 0 saturated carbocycles. The highest BCUT2D eigenvalue weighted by Gasteiger charge is 2.22. The summed E-state index contributed by atoms with van der Waals surface area (Å²) in [6.45, 7) is 1.87. The molecule has 2 aromatic carbocycles. The van der Waals surface area contributed by atoms with Crippen LogP contribution >= 0.6 is 22.9 Å². The van der Waals surface area contributed by atoms with Crippen LogP contribution in [-0.4, -0.2) is 32.0 Å². The summed E-state index contributed by atoms with van der Waals surface area (Å²) in [5, 5.41) is 20.6. The fraction of sp³-hybridized carbons (Fsp3) is 0.136. The fourth-order valence-electron chi connectivity index (χ4n) is 3.03. The number of anilines is 2. The number of tetrazole rings is 1. The second kappa shape index (κ2) is 9.71. The van der Waals surface area contributed by atoms with Gasteiger partial charge in [0.1, 0.15) is 0 Å². The van der Waals surface area contributed by atoms with Crippen LogP contribution < -0.4 is 10.6 Å². The minimum Gasteiger partial charge on any atom is -0.324 e. The molecule has 0 aliphatic carbocycles. The van der Waals surface area contributed by atoms with Gasteiger partial charge in [-0.1, -0.05) is 30.7 Å². The van der Waals surface area contributed by atoms with E-state index >= 15 is 0 Å². The maximum atomic E-state index is 12.9. The Bertz CT molecular complexity index is 1220. The Balaban J connectivity index is 1.45. The van der Waals surface area contributed by atoms with Gasteiger partial charge in [0.2, 0.25) is 5.82 Å². The molecule has 1 atom stereocenters. The predicted octanol–water partition coefficient (Wildman–Crippen LogP) is 4.90. The van der Waals surface area contributed by atoms with Crippen molar-refractivity contribution in [3.63, 3.8) is 0 Å². The topological polar surface area (TPSA) is 102 Å². The zero-order chi connectivity index (χ0) is 22.5. The van der Waals surface area contributed by atoms with Crippen LogP contribution in [0.5, 0.6) is 0 Å². The third-order valence-corrected chi connectivity index (χ3v) is 5.75. The Morgan fingerprint density at radius 1 is 1.06 bits per heavy atom. The van der Waals surface area contributed by atoms with Crippen molar-refractivity contribution in [3.05, 3.63) is 75.9 Å². The van der Waals surface area contributed by atoms with Crippen molar-refractivity contribution in [3.8, 4) is 11.4 Å². The summed E-state index contributed by atoms with van der Waals surface area (Å²) in [5.74, 6) is -0.0723. The lowest BCUT2D eigenvalue weighted by molar-refractivity contribution is -0.119. The van der Waals surface area contributed by atoms with Crippen LogP contribution in [0.3, 0.4) is 0 Å². The first-order valence-corrected chi connectivity index (χ1v) is 11.1. The molecule has 4 aromatic rings. The maximum absolute atomic E-state index is 12.9. The van der Waals surface area contributed by atoms with Crippen molar-refractivity contribution >= 4 is 46.1 Å². The van der Waals surface area contributed by atoms with Crippen molar-refractivity contribution in [1.29, 1.82) is 0 Å². The molecule has 4 rings (SSSR count). The molecule has 32 heavy (non-hydrogen) atoms. The normalized spacial score (nSPS) is 11.7. The van der Waals surface area contributed by atoms with Gasteiger partial charge in [-0.25, -0.2) is 0 Å². The summed E-state index contributed by atoms with van der Waals surface area (Å²) in [5.41, 5.74) is 1.89. The smallest absolute Gasteiger partial charge is 0.265 e. The molecule has 1 unspecified atom stereocenters. The Morgan fingerprint density at radius 2 is 1.81 bits per heavy atom. The van der Waals surface area contributed by atoms with E-state index in [0.717, 1.165) is 5.56 Å². The second-order valence-corrected chi connectivity index (χ2v) is 8.25. The van der Waals surface area contributed by atoms with Gasteiger partial charge in [0.25, 0.3) is 11.8 Å². The van der Waals surface area contributed by atoms with Crippen molar-refractivity contribution in [2.75, 3.05) is 10.6 Å². The Labute approximate surface area is 193 Å². The third-order valence-electron chi connectivity index (χ3n) is 4.63. The van der Waals surface area contributed by atoms with Gasteiger partial charge in [0, 0.05) is 22.0 Å². The molecule has 0 aliphatic heterocycles. The van der Waals surface area contributed by atoms with Gasteiger partial charge in [0.15, 0.2) is 6.04 Å². The molecule has 0 bridgehead atoms. The molecular formula is C22H19ClN6O2S. The van der Waals surface area contributed by atoms with Crippen molar-refractivity contribution < 1.29 is 9.59 Å². The standard InChI is InChI=1S/C22H19ClN6O2S/c1-2-18(29-27-20(26-28-29)14-8-10-15(23)11-9-14)21(30)24-16-5-3-6-17(13-16)25-22(31)19-7-4-12-32-19/h3-13,18H,2H2,1H3,(H,24,30)(H,25,31). The van der Waals surface area contributed by atoms with E-state index in [4.69, 9.17) is 11.6 Å². The molecule has 0 spiro atoms. The fourth-order valence-corrected chi connectivity index (χ4v) is 3.77. The third kappa shape index (κ3) is 5.01. The lowest BCUT2D eigenvalue weighted by atomic mass is 10.2. The minimum absolute atomic E-state index is 0.198. The lowest BCUT2D eigenvalue weighted by Gasteiger charge is -2.14. The van der Waals surface area contributed by atoms with E-state index in [2.05, 4.69) is 26.0 Å². The van der Waals surface area contributed by atoms with Crippen LogP contribution in [0, 0.1) is 0 Å². The average molecular weight is 467 g/mol. The first kappa shape index (κ1) is 21.7. The number of benzene rings is 2. The van der Waals surface area contributed by atoms with Gasteiger partial charge in [0.05, 0.1) is 4.88 Å². The number of halogens is 1. The van der Waals surface area contributed by atoms with Crippen molar-refractivity contribution in [2.45, 2.75) is 19.4 Å². The summed E-state index contributed by atoms with van der Waals surface area (Å²) in [6.07, 6.45) is 0.469. The first-order valence-electron chi connectivity index (χ1n) is 9.84. The van der Waals surface area contributed by atoms with Crippen LogP contribution in [0.15, 0.2) is 66.0 Å². The number of thiophene rings is 1. The molecule has 0 fully saturated rings. The first-order chi connectivity index (χ1) is 15.5. The molecule has 162 valence electrons. The maximum Gasteiger partial charge on any atom is 0.265 e. The van der Waals surface area contributed by atoms with Crippen molar-refractivity contribution in [1.82, 2.24) is 20.2 Å². The molecule has 0 aliphatic rings. The van der Waals surface area contributed by atoms with Crippen LogP contribution in [0.25, 0.3) is 11.4 Å². The monoisotopic (exact) mass is 466 g/mol. The number of aromatic nitrogens is 4. The number of carbonyl (C=O) groups is 2. The quantitative estimate of drug-likeness (QED) is 0.403. The van der Waals surface area contributed by atoms with Gasteiger partial charge in [-0.05, 0) is 65.5 Å². The number of hydrogen-bond donors (Lipinski definition) is 2. The van der Waals surface area contributed by atoms with Crippen LogP contribution in [0.2, 0.25) is 5.02 Å². The number of carbonyl (C=O) groups excluding carboxylic acids is 2. The van der Waals surface area contributed by atoms with E-state index in [9.17, 15) is 9.59 Å². The number of amides is 2. The molecule has 2 N–H and O–H groups in total. The highest BCUT2D eigenvalue weighted by Crippen LogP contribution is 2.21. The minimum atomic E-state index is -0.645. The van der Waals surface area contributed by atoms with E-state index in [0.29, 0.717) is 33.5 Å². The van der Waals surface area contributed by atoms with E-state index in [1.54, 1.807) is 54.6 Å². The van der Waals surface area contributed by atoms with Gasteiger partial charge in [-0.2, -0.15) is 4.80 Å².